The van der Waals surface area contributed by atoms with Gasteiger partial charge in [0.1, 0.15) is 17.9 Å². The molecular formula is C22H20BrN7O2. The first kappa shape index (κ1) is 20.4. The number of fused-ring (bicyclic) bond motifs is 3. The van der Waals surface area contributed by atoms with Gasteiger partial charge >= 0.3 is 5.69 Å². The normalized spacial score (nSPS) is 11.4. The van der Waals surface area contributed by atoms with Gasteiger partial charge in [0.15, 0.2) is 21.9 Å². The highest BCUT2D eigenvalue weighted by Crippen LogP contribution is 2.22. The molecule has 4 aromatic heterocycles. The van der Waals surface area contributed by atoms with E-state index in [0.717, 1.165) is 24.0 Å². The van der Waals surface area contributed by atoms with E-state index >= 15 is 0 Å². The van der Waals surface area contributed by atoms with E-state index in [2.05, 4.69) is 47.9 Å². The Balaban J connectivity index is 1.42. The van der Waals surface area contributed by atoms with E-state index in [9.17, 15) is 4.79 Å². The smallest absolute Gasteiger partial charge is 0.352 e. The number of nitrogens with zero attached hydrogens (tertiary/aromatic N) is 6. The average Bonchev–Trinajstić information content (AvgIpc) is 3.42. The van der Waals surface area contributed by atoms with Gasteiger partial charge in [0.2, 0.25) is 0 Å². The molecule has 162 valence electrons. The molecule has 0 radical (unpaired) electrons. The molecule has 0 aliphatic carbocycles. The highest BCUT2D eigenvalue weighted by molar-refractivity contribution is 9.10. The number of aromatic nitrogens is 7. The second kappa shape index (κ2) is 8.54. The molecule has 0 aliphatic rings. The van der Waals surface area contributed by atoms with Gasteiger partial charge in [0, 0.05) is 18.9 Å². The summed E-state index contributed by atoms with van der Waals surface area (Å²) in [5.41, 5.74) is 3.48. The van der Waals surface area contributed by atoms with Crippen LogP contribution in [0.4, 0.5) is 0 Å². The van der Waals surface area contributed by atoms with Crippen molar-refractivity contribution < 1.29 is 4.74 Å². The number of rotatable bonds is 7. The number of nitrogens with one attached hydrogen (secondary N) is 1. The van der Waals surface area contributed by atoms with Crippen molar-refractivity contribution >= 4 is 32.7 Å². The fourth-order valence-electron chi connectivity index (χ4n) is 3.55. The second-order valence-electron chi connectivity index (χ2n) is 7.33. The SMILES string of the molecule is CCCCn1c(=O)n2nc(COc3ccc(-c4cccnc4)cc3)nc2c2[nH]c(Br)nc21. The molecular weight excluding hydrogens is 474 g/mol. The van der Waals surface area contributed by atoms with E-state index in [4.69, 9.17) is 4.74 Å². The lowest BCUT2D eigenvalue weighted by molar-refractivity contribution is 0.296. The summed E-state index contributed by atoms with van der Waals surface area (Å²) >= 11 is 3.36. The van der Waals surface area contributed by atoms with Gasteiger partial charge in [-0.1, -0.05) is 31.5 Å². The number of aryl methyl sites for hydroxylation is 1. The van der Waals surface area contributed by atoms with Crippen molar-refractivity contribution in [2.45, 2.75) is 32.9 Å². The van der Waals surface area contributed by atoms with Crippen LogP contribution >= 0.6 is 15.9 Å². The standard InChI is InChI=1S/C22H20BrN7O2/c1-2-3-11-29-19-18(26-21(23)27-19)20-25-17(28-30(20)22(29)31)13-32-16-8-6-14(7-9-16)15-5-4-10-24-12-15/h4-10,12H,2-3,11,13H2,1H3,(H,26,27). The van der Waals surface area contributed by atoms with E-state index in [1.807, 2.05) is 42.6 Å². The fourth-order valence-corrected chi connectivity index (χ4v) is 3.91. The van der Waals surface area contributed by atoms with Crippen molar-refractivity contribution in [1.29, 1.82) is 0 Å². The summed E-state index contributed by atoms with van der Waals surface area (Å²) in [6.07, 6.45) is 5.40. The summed E-state index contributed by atoms with van der Waals surface area (Å²) in [5, 5.41) is 4.40. The van der Waals surface area contributed by atoms with E-state index < -0.39 is 0 Å². The van der Waals surface area contributed by atoms with Gasteiger partial charge in [-0.15, -0.1) is 5.10 Å². The molecule has 0 spiro atoms. The number of pyridine rings is 1. The van der Waals surface area contributed by atoms with E-state index in [-0.39, 0.29) is 12.3 Å². The molecule has 10 heteroatoms. The number of ether oxygens (including phenoxy) is 1. The van der Waals surface area contributed by atoms with Crippen LogP contribution in [0.5, 0.6) is 5.75 Å². The topological polar surface area (TPSA) is 103 Å². The summed E-state index contributed by atoms with van der Waals surface area (Å²) in [6, 6.07) is 11.6. The highest BCUT2D eigenvalue weighted by Gasteiger charge is 2.18. The zero-order valence-corrected chi connectivity index (χ0v) is 18.9. The summed E-state index contributed by atoms with van der Waals surface area (Å²) in [7, 11) is 0. The molecule has 0 atom stereocenters. The summed E-state index contributed by atoms with van der Waals surface area (Å²) in [5.74, 6) is 1.10. The molecule has 5 rings (SSSR count). The molecule has 0 amide bonds. The van der Waals surface area contributed by atoms with Crippen LogP contribution in [0.25, 0.3) is 27.9 Å². The first-order valence-corrected chi connectivity index (χ1v) is 11.1. The maximum Gasteiger partial charge on any atom is 0.352 e. The molecule has 1 aromatic carbocycles. The second-order valence-corrected chi connectivity index (χ2v) is 8.08. The summed E-state index contributed by atoms with van der Waals surface area (Å²) in [6.45, 7) is 2.78. The maximum absolute atomic E-state index is 13.0. The first-order valence-electron chi connectivity index (χ1n) is 10.3. The Labute approximate surface area is 191 Å². The Kier molecular flexibility index (Phi) is 5.44. The Bertz CT molecular complexity index is 1440. The Morgan fingerprint density at radius 3 is 2.69 bits per heavy atom. The van der Waals surface area contributed by atoms with Gasteiger partial charge < -0.3 is 9.72 Å². The zero-order valence-electron chi connectivity index (χ0n) is 17.3. The quantitative estimate of drug-likeness (QED) is 0.344. The van der Waals surface area contributed by atoms with Crippen LogP contribution in [-0.2, 0) is 13.2 Å². The van der Waals surface area contributed by atoms with Crippen LogP contribution in [0.1, 0.15) is 25.6 Å². The van der Waals surface area contributed by atoms with Crippen molar-refractivity contribution in [3.05, 3.63) is 69.8 Å². The molecule has 0 fully saturated rings. The Morgan fingerprint density at radius 2 is 1.94 bits per heavy atom. The molecule has 1 N–H and O–H groups in total. The molecule has 32 heavy (non-hydrogen) atoms. The number of H-pyrrole nitrogens is 1. The summed E-state index contributed by atoms with van der Waals surface area (Å²) < 4.78 is 9.35. The molecule has 0 unspecified atom stereocenters. The van der Waals surface area contributed by atoms with E-state index in [0.29, 0.717) is 39.7 Å². The van der Waals surface area contributed by atoms with Crippen LogP contribution in [-0.4, -0.2) is 34.1 Å². The predicted molar refractivity (Wildman–Crippen MR) is 124 cm³/mol. The van der Waals surface area contributed by atoms with Gasteiger partial charge in [-0.2, -0.15) is 4.52 Å². The highest BCUT2D eigenvalue weighted by atomic mass is 79.9. The third-order valence-corrected chi connectivity index (χ3v) is 5.53. The van der Waals surface area contributed by atoms with E-state index in [1.165, 1.54) is 4.52 Å². The van der Waals surface area contributed by atoms with Crippen molar-refractivity contribution in [2.24, 2.45) is 0 Å². The van der Waals surface area contributed by atoms with Crippen molar-refractivity contribution in [3.63, 3.8) is 0 Å². The third-order valence-electron chi connectivity index (χ3n) is 5.15. The van der Waals surface area contributed by atoms with Crippen LogP contribution < -0.4 is 10.4 Å². The minimum absolute atomic E-state index is 0.138. The van der Waals surface area contributed by atoms with E-state index in [1.54, 1.807) is 10.8 Å². The number of aromatic amines is 1. The Morgan fingerprint density at radius 1 is 1.09 bits per heavy atom. The van der Waals surface area contributed by atoms with Crippen molar-refractivity contribution in [1.82, 2.24) is 34.1 Å². The van der Waals surface area contributed by atoms with Crippen molar-refractivity contribution in [3.8, 4) is 16.9 Å². The molecule has 0 saturated heterocycles. The van der Waals surface area contributed by atoms with Gasteiger partial charge in [0.05, 0.1) is 0 Å². The summed E-state index contributed by atoms with van der Waals surface area (Å²) in [4.78, 5) is 29.3. The molecule has 0 bridgehead atoms. The number of benzene rings is 1. The molecule has 9 nitrogen and oxygen atoms in total. The first-order chi connectivity index (χ1) is 15.6. The van der Waals surface area contributed by atoms with Gasteiger partial charge in [0.25, 0.3) is 0 Å². The molecule has 4 heterocycles. The number of imidazole rings is 1. The molecule has 0 aliphatic heterocycles. The Hall–Kier alpha value is -3.53. The monoisotopic (exact) mass is 493 g/mol. The number of hydrogen-bond acceptors (Lipinski definition) is 6. The number of halogens is 1. The van der Waals surface area contributed by atoms with Crippen LogP contribution in [0, 0.1) is 0 Å². The molecule has 0 saturated carbocycles. The number of hydrogen-bond donors (Lipinski definition) is 1. The number of unbranched alkanes of at least 4 members (excludes halogenated alkanes) is 1. The zero-order chi connectivity index (χ0) is 22.1. The predicted octanol–water partition coefficient (Wildman–Crippen LogP) is 3.97. The largest absolute Gasteiger partial charge is 0.486 e. The van der Waals surface area contributed by atoms with Crippen LogP contribution in [0.2, 0.25) is 0 Å². The van der Waals surface area contributed by atoms with Gasteiger partial charge in [-0.25, -0.2) is 14.8 Å². The van der Waals surface area contributed by atoms with Gasteiger partial charge in [-0.3, -0.25) is 9.55 Å². The maximum atomic E-state index is 13.0. The van der Waals surface area contributed by atoms with Crippen molar-refractivity contribution in [2.75, 3.05) is 0 Å². The average molecular weight is 494 g/mol. The lowest BCUT2D eigenvalue weighted by Gasteiger charge is -2.05. The minimum atomic E-state index is -0.264. The van der Waals surface area contributed by atoms with Crippen LogP contribution in [0.3, 0.4) is 0 Å². The fraction of sp³-hybridized carbons (Fsp3) is 0.227. The van der Waals surface area contributed by atoms with Gasteiger partial charge in [-0.05, 0) is 51.7 Å². The third kappa shape index (κ3) is 3.77. The van der Waals surface area contributed by atoms with Crippen LogP contribution in [0.15, 0.2) is 58.3 Å². The molecule has 5 aromatic rings. The minimum Gasteiger partial charge on any atom is -0.486 e. The lowest BCUT2D eigenvalue weighted by atomic mass is 10.1. The lowest BCUT2D eigenvalue weighted by Crippen LogP contribution is -2.28.